The minimum Gasteiger partial charge on any atom is -0.381 e. The van der Waals surface area contributed by atoms with Crippen LogP contribution < -0.4 is 11.1 Å². The number of primary amides is 1. The minimum atomic E-state index is -0.255. The van der Waals surface area contributed by atoms with Gasteiger partial charge in [0.25, 0.3) is 0 Å². The Bertz CT molecular complexity index is 231. The third-order valence-corrected chi connectivity index (χ3v) is 3.35. The van der Waals surface area contributed by atoms with E-state index in [1.54, 1.807) is 7.11 Å². The number of amides is 1. The maximum atomic E-state index is 11.3. The maximum Gasteiger partial charge on any atom is 0.234 e. The second-order valence-corrected chi connectivity index (χ2v) is 5.01. The summed E-state index contributed by atoms with van der Waals surface area (Å²) in [6.07, 6.45) is 4.69. The van der Waals surface area contributed by atoms with Gasteiger partial charge in [-0.2, -0.15) is 0 Å². The summed E-state index contributed by atoms with van der Waals surface area (Å²) in [7, 11) is 1.75. The molecule has 3 unspecified atom stereocenters. The van der Waals surface area contributed by atoms with Crippen LogP contribution in [-0.2, 0) is 9.53 Å². The molecule has 4 nitrogen and oxygen atoms in total. The summed E-state index contributed by atoms with van der Waals surface area (Å²) < 4.78 is 5.37. The Balaban J connectivity index is 2.48. The number of methoxy groups -OCH3 is 1. The molecule has 0 bridgehead atoms. The van der Waals surface area contributed by atoms with Crippen LogP contribution in [-0.4, -0.2) is 31.2 Å². The summed E-state index contributed by atoms with van der Waals surface area (Å²) in [5.74, 6) is -0.0186. The van der Waals surface area contributed by atoms with E-state index in [2.05, 4.69) is 5.32 Å². The third kappa shape index (κ3) is 3.76. The molecule has 0 spiro atoms. The summed E-state index contributed by atoms with van der Waals surface area (Å²) in [4.78, 5) is 11.3. The predicted molar refractivity (Wildman–Crippen MR) is 64.0 cm³/mol. The van der Waals surface area contributed by atoms with Crippen LogP contribution in [0.15, 0.2) is 0 Å². The summed E-state index contributed by atoms with van der Waals surface area (Å²) in [5, 5.41) is 3.36. The molecule has 1 rings (SSSR count). The van der Waals surface area contributed by atoms with E-state index >= 15 is 0 Å². The average molecular weight is 228 g/mol. The molecule has 1 fully saturated rings. The number of ether oxygens (including phenoxy) is 1. The fraction of sp³-hybridized carbons (Fsp3) is 0.917. The van der Waals surface area contributed by atoms with Crippen molar-refractivity contribution in [3.8, 4) is 0 Å². The lowest BCUT2D eigenvalue weighted by molar-refractivity contribution is -0.121. The van der Waals surface area contributed by atoms with Crippen LogP contribution in [0.3, 0.4) is 0 Å². The van der Waals surface area contributed by atoms with Gasteiger partial charge >= 0.3 is 0 Å². The number of nitrogens with two attached hydrogens (primary N) is 1. The van der Waals surface area contributed by atoms with Crippen LogP contribution in [0.4, 0.5) is 0 Å². The molecule has 1 aliphatic rings. The van der Waals surface area contributed by atoms with Crippen molar-refractivity contribution in [3.63, 3.8) is 0 Å². The molecule has 0 aromatic carbocycles. The van der Waals surface area contributed by atoms with Gasteiger partial charge in [0.15, 0.2) is 0 Å². The van der Waals surface area contributed by atoms with Crippen LogP contribution in [0.2, 0.25) is 0 Å². The first-order valence-corrected chi connectivity index (χ1v) is 6.12. The van der Waals surface area contributed by atoms with E-state index in [0.717, 1.165) is 25.7 Å². The lowest BCUT2D eigenvalue weighted by Gasteiger charge is -2.32. The molecular formula is C12H24N2O2. The van der Waals surface area contributed by atoms with Crippen molar-refractivity contribution in [2.24, 2.45) is 11.7 Å². The molecule has 0 saturated heterocycles. The number of hydrogen-bond donors (Lipinski definition) is 2. The van der Waals surface area contributed by atoms with E-state index in [4.69, 9.17) is 10.5 Å². The number of rotatable bonds is 5. The molecule has 3 N–H and O–H groups in total. The molecule has 0 heterocycles. The fourth-order valence-corrected chi connectivity index (χ4v) is 2.37. The predicted octanol–water partition coefficient (Wildman–Crippen LogP) is 1.04. The van der Waals surface area contributed by atoms with Gasteiger partial charge in [-0.05, 0) is 31.6 Å². The zero-order chi connectivity index (χ0) is 12.1. The number of carbonyl (C=O) groups excluding carboxylic acids is 1. The van der Waals surface area contributed by atoms with Gasteiger partial charge in [0, 0.05) is 13.2 Å². The van der Waals surface area contributed by atoms with Gasteiger partial charge in [-0.25, -0.2) is 0 Å². The molecule has 0 aromatic rings. The number of hydrogen-bond acceptors (Lipinski definition) is 3. The molecule has 0 aliphatic heterocycles. The standard InChI is InChI=1S/C12H24N2O2/c1-8(2)11(12(13)15)14-9-5-4-6-10(7-9)16-3/h8-11,14H,4-7H2,1-3H3,(H2,13,15). The van der Waals surface area contributed by atoms with E-state index in [-0.39, 0.29) is 17.9 Å². The highest BCUT2D eigenvalue weighted by atomic mass is 16.5. The van der Waals surface area contributed by atoms with Gasteiger partial charge in [0.2, 0.25) is 5.91 Å². The first-order valence-electron chi connectivity index (χ1n) is 6.12. The second-order valence-electron chi connectivity index (χ2n) is 5.01. The summed E-state index contributed by atoms with van der Waals surface area (Å²) in [6.45, 7) is 4.03. The van der Waals surface area contributed by atoms with Gasteiger partial charge in [-0.1, -0.05) is 13.8 Å². The molecule has 0 radical (unpaired) electrons. The molecule has 3 atom stereocenters. The highest BCUT2D eigenvalue weighted by Gasteiger charge is 2.27. The first kappa shape index (κ1) is 13.5. The third-order valence-electron chi connectivity index (χ3n) is 3.35. The van der Waals surface area contributed by atoms with Gasteiger partial charge in [0.1, 0.15) is 0 Å². The van der Waals surface area contributed by atoms with Crippen LogP contribution in [0, 0.1) is 5.92 Å². The van der Waals surface area contributed by atoms with E-state index in [1.165, 1.54) is 0 Å². The zero-order valence-electron chi connectivity index (χ0n) is 10.5. The van der Waals surface area contributed by atoms with E-state index in [0.29, 0.717) is 12.1 Å². The Morgan fingerprint density at radius 2 is 2.12 bits per heavy atom. The van der Waals surface area contributed by atoms with Gasteiger partial charge in [-0.15, -0.1) is 0 Å². The summed E-state index contributed by atoms with van der Waals surface area (Å²) in [6, 6.07) is 0.138. The smallest absolute Gasteiger partial charge is 0.234 e. The molecule has 16 heavy (non-hydrogen) atoms. The highest BCUT2D eigenvalue weighted by molar-refractivity contribution is 5.80. The Labute approximate surface area is 97.9 Å². The van der Waals surface area contributed by atoms with Gasteiger partial charge in [-0.3, -0.25) is 4.79 Å². The van der Waals surface area contributed by atoms with Crippen molar-refractivity contribution in [1.82, 2.24) is 5.32 Å². The van der Waals surface area contributed by atoms with Crippen molar-refractivity contribution in [3.05, 3.63) is 0 Å². The van der Waals surface area contributed by atoms with E-state index in [1.807, 2.05) is 13.8 Å². The first-order chi connectivity index (χ1) is 7.54. The second kappa shape index (κ2) is 6.21. The lowest BCUT2D eigenvalue weighted by atomic mass is 9.91. The van der Waals surface area contributed by atoms with Crippen molar-refractivity contribution >= 4 is 5.91 Å². The topological polar surface area (TPSA) is 64.3 Å². The monoisotopic (exact) mass is 228 g/mol. The van der Waals surface area contributed by atoms with Crippen molar-refractivity contribution in [1.29, 1.82) is 0 Å². The molecule has 0 aromatic heterocycles. The SMILES string of the molecule is COC1CCCC(NC(C(N)=O)C(C)C)C1. The fourth-order valence-electron chi connectivity index (χ4n) is 2.37. The summed E-state index contributed by atoms with van der Waals surface area (Å²) in [5.41, 5.74) is 5.39. The molecule has 94 valence electrons. The van der Waals surface area contributed by atoms with Crippen molar-refractivity contribution < 1.29 is 9.53 Å². The van der Waals surface area contributed by atoms with Gasteiger partial charge < -0.3 is 15.8 Å². The molecule has 4 heteroatoms. The highest BCUT2D eigenvalue weighted by Crippen LogP contribution is 2.21. The van der Waals surface area contributed by atoms with Crippen molar-refractivity contribution in [2.75, 3.05) is 7.11 Å². The Hall–Kier alpha value is -0.610. The average Bonchev–Trinajstić information content (AvgIpc) is 2.25. The van der Waals surface area contributed by atoms with Crippen LogP contribution in [0.5, 0.6) is 0 Å². The minimum absolute atomic E-state index is 0.222. The summed E-state index contributed by atoms with van der Waals surface area (Å²) >= 11 is 0. The zero-order valence-corrected chi connectivity index (χ0v) is 10.5. The normalized spacial score (nSPS) is 28.0. The largest absolute Gasteiger partial charge is 0.381 e. The van der Waals surface area contributed by atoms with Crippen LogP contribution in [0.25, 0.3) is 0 Å². The van der Waals surface area contributed by atoms with E-state index in [9.17, 15) is 4.79 Å². The lowest BCUT2D eigenvalue weighted by Crippen LogP contribution is -2.51. The molecule has 1 saturated carbocycles. The Morgan fingerprint density at radius 1 is 1.44 bits per heavy atom. The maximum absolute atomic E-state index is 11.3. The Kier molecular flexibility index (Phi) is 5.22. The van der Waals surface area contributed by atoms with Crippen molar-refractivity contribution in [2.45, 2.75) is 57.7 Å². The van der Waals surface area contributed by atoms with E-state index < -0.39 is 0 Å². The molecule has 1 aliphatic carbocycles. The number of nitrogens with one attached hydrogen (secondary N) is 1. The Morgan fingerprint density at radius 3 is 2.62 bits per heavy atom. The van der Waals surface area contributed by atoms with Gasteiger partial charge in [0.05, 0.1) is 12.1 Å². The molecular weight excluding hydrogens is 204 g/mol. The van der Waals surface area contributed by atoms with Crippen LogP contribution >= 0.6 is 0 Å². The number of carbonyl (C=O) groups is 1. The van der Waals surface area contributed by atoms with Crippen LogP contribution in [0.1, 0.15) is 39.5 Å². The molecule has 1 amide bonds. The quantitative estimate of drug-likeness (QED) is 0.739.